The molecular weight excluding hydrogens is 154 g/mol. The molecule has 62 valence electrons. The Kier molecular flexibility index (Phi) is 16.9. The number of hydrogen-bond donors (Lipinski definition) is 0. The van der Waals surface area contributed by atoms with Crippen LogP contribution in [0.15, 0.2) is 12.3 Å². The fraction of sp³-hybridized carbons (Fsp3) is 0.375. The molecule has 0 aromatic carbocycles. The smallest absolute Gasteiger partial charge is 0.122 e. The van der Waals surface area contributed by atoms with Gasteiger partial charge in [0.25, 0.3) is 0 Å². The summed E-state index contributed by atoms with van der Waals surface area (Å²) in [6.07, 6.45) is 2.67. The molecule has 0 rings (SSSR count). The van der Waals surface area contributed by atoms with E-state index in [1.807, 2.05) is 6.92 Å². The summed E-state index contributed by atoms with van der Waals surface area (Å²) >= 11 is 0. The quantitative estimate of drug-likeness (QED) is 0.456. The predicted molar refractivity (Wildman–Crippen MR) is 42.2 cm³/mol. The highest BCUT2D eigenvalue weighted by atomic mass is 16.5. The van der Waals surface area contributed by atoms with E-state index in [0.29, 0.717) is 6.61 Å². The third-order valence-electron chi connectivity index (χ3n) is 0.564. The predicted octanol–water partition coefficient (Wildman–Crippen LogP) is 1.48. The van der Waals surface area contributed by atoms with Gasteiger partial charge >= 0.3 is 0 Å². The minimum absolute atomic E-state index is 0. The lowest BCUT2D eigenvalue weighted by Gasteiger charge is -1.85. The summed E-state index contributed by atoms with van der Waals surface area (Å²) in [5, 5.41) is 23.1. The molecule has 0 unspecified atom stereocenters. The number of allylic oxidation sites excluding steroid dienone is 1. The van der Waals surface area contributed by atoms with Gasteiger partial charge in [0.1, 0.15) is 6.42 Å². The van der Waals surface area contributed by atoms with E-state index in [4.69, 9.17) is 15.8 Å². The Labute approximate surface area is 71.9 Å². The summed E-state index contributed by atoms with van der Waals surface area (Å²) in [6.45, 7) is 2.49. The van der Waals surface area contributed by atoms with Crippen LogP contribution in [0.5, 0.6) is 0 Å². The van der Waals surface area contributed by atoms with Crippen molar-refractivity contribution >= 4 is 0 Å². The van der Waals surface area contributed by atoms with Gasteiger partial charge in [-0.25, -0.2) is 0 Å². The highest BCUT2D eigenvalue weighted by molar-refractivity contribution is 4.97. The highest BCUT2D eigenvalue weighted by Crippen LogP contribution is 1.72. The van der Waals surface area contributed by atoms with Crippen LogP contribution in [0, 0.1) is 34.0 Å². The summed E-state index contributed by atoms with van der Waals surface area (Å²) in [7, 11) is 0. The van der Waals surface area contributed by atoms with Crippen molar-refractivity contribution in [3.8, 4) is 18.2 Å². The van der Waals surface area contributed by atoms with E-state index in [2.05, 4.69) is 4.74 Å². The van der Waals surface area contributed by atoms with Gasteiger partial charge in [0.2, 0.25) is 0 Å². The molecule has 0 atom stereocenters. The maximum absolute atomic E-state index is 7.88. The average Bonchev–Trinajstić information content (AvgIpc) is 2.08. The van der Waals surface area contributed by atoms with Crippen molar-refractivity contribution in [3.05, 3.63) is 12.3 Å². The first-order chi connectivity index (χ1) is 5.83. The normalized spacial score (nSPS) is 6.83. The van der Waals surface area contributed by atoms with Gasteiger partial charge in [-0.1, -0.05) is 0 Å². The third-order valence-corrected chi connectivity index (χ3v) is 0.564. The van der Waals surface area contributed by atoms with Crippen LogP contribution in [-0.4, -0.2) is 6.61 Å². The van der Waals surface area contributed by atoms with Gasteiger partial charge in [0, 0.05) is 0 Å². The van der Waals surface area contributed by atoms with Gasteiger partial charge in [-0.15, -0.1) is 0 Å². The third kappa shape index (κ3) is 24.5. The molecule has 0 amide bonds. The standard InChI is InChI=1S/C5H7NO.C3H2N2/c1-2-7-5-3-4-6;4-2-1-3-5/h3,5H,2H2,1H3;1H2. The Morgan fingerprint density at radius 2 is 1.83 bits per heavy atom. The number of nitriles is 3. The SMILES string of the molecule is CCOC=CC#N.N#CCC#N. The zero-order valence-electron chi connectivity index (χ0n) is 6.82. The topological polar surface area (TPSA) is 80.6 Å². The fourth-order valence-electron chi connectivity index (χ4n) is 0.210. The van der Waals surface area contributed by atoms with Crippen LogP contribution in [-0.2, 0) is 4.74 Å². The highest BCUT2D eigenvalue weighted by Gasteiger charge is 1.63. The molecule has 0 fully saturated rings. The maximum Gasteiger partial charge on any atom is 0.122 e. The second kappa shape index (κ2) is 16.0. The van der Waals surface area contributed by atoms with Gasteiger partial charge in [0.15, 0.2) is 0 Å². The molecule has 4 nitrogen and oxygen atoms in total. The minimum atomic E-state index is 0. The molecule has 12 heavy (non-hydrogen) atoms. The van der Waals surface area contributed by atoms with E-state index in [9.17, 15) is 0 Å². The largest absolute Gasteiger partial charge is 0.501 e. The molecule has 4 heteroatoms. The van der Waals surface area contributed by atoms with E-state index in [1.165, 1.54) is 12.3 Å². The Bertz CT molecular complexity index is 214. The lowest BCUT2D eigenvalue weighted by atomic mass is 10.5. The zero-order valence-corrected chi connectivity index (χ0v) is 6.82. The summed E-state index contributed by atoms with van der Waals surface area (Å²) in [5.74, 6) is 0. The second-order valence-corrected chi connectivity index (χ2v) is 1.38. The molecule has 0 radical (unpaired) electrons. The van der Waals surface area contributed by atoms with Crippen molar-refractivity contribution in [3.63, 3.8) is 0 Å². The van der Waals surface area contributed by atoms with Gasteiger partial charge in [-0.05, 0) is 6.92 Å². The average molecular weight is 163 g/mol. The van der Waals surface area contributed by atoms with Crippen LogP contribution in [0.25, 0.3) is 0 Å². The molecule has 0 aliphatic carbocycles. The van der Waals surface area contributed by atoms with Crippen molar-refractivity contribution in [2.75, 3.05) is 6.61 Å². The Morgan fingerprint density at radius 3 is 2.08 bits per heavy atom. The Morgan fingerprint density at radius 1 is 1.25 bits per heavy atom. The molecule has 0 aromatic heterocycles. The van der Waals surface area contributed by atoms with Gasteiger partial charge in [-0.3, -0.25) is 0 Å². The number of rotatable bonds is 2. The van der Waals surface area contributed by atoms with Gasteiger partial charge in [0.05, 0.1) is 37.2 Å². The van der Waals surface area contributed by atoms with Crippen molar-refractivity contribution < 1.29 is 4.74 Å². The van der Waals surface area contributed by atoms with Gasteiger partial charge in [-0.2, -0.15) is 15.8 Å². The van der Waals surface area contributed by atoms with Crippen LogP contribution >= 0.6 is 0 Å². The van der Waals surface area contributed by atoms with Gasteiger partial charge < -0.3 is 4.74 Å². The number of nitrogens with zero attached hydrogens (tertiary/aromatic N) is 3. The maximum atomic E-state index is 7.88. The van der Waals surface area contributed by atoms with Crippen LogP contribution in [0.4, 0.5) is 0 Å². The van der Waals surface area contributed by atoms with Crippen molar-refractivity contribution in [2.24, 2.45) is 0 Å². The second-order valence-electron chi connectivity index (χ2n) is 1.38. The molecule has 0 aromatic rings. The van der Waals surface area contributed by atoms with E-state index < -0.39 is 0 Å². The first-order valence-electron chi connectivity index (χ1n) is 3.23. The Hall–Kier alpha value is -1.99. The van der Waals surface area contributed by atoms with E-state index in [1.54, 1.807) is 18.2 Å². The number of hydrogen-bond acceptors (Lipinski definition) is 4. The lowest BCUT2D eigenvalue weighted by Crippen LogP contribution is -1.74. The molecule has 0 heterocycles. The van der Waals surface area contributed by atoms with Crippen molar-refractivity contribution in [1.29, 1.82) is 15.8 Å². The van der Waals surface area contributed by atoms with Crippen molar-refractivity contribution in [1.82, 2.24) is 0 Å². The molecule has 0 aliphatic heterocycles. The molecule has 0 spiro atoms. The molecule has 0 N–H and O–H groups in total. The fourth-order valence-corrected chi connectivity index (χ4v) is 0.210. The first-order valence-corrected chi connectivity index (χ1v) is 3.23. The summed E-state index contributed by atoms with van der Waals surface area (Å²) < 4.78 is 4.67. The van der Waals surface area contributed by atoms with E-state index in [0.717, 1.165) is 0 Å². The van der Waals surface area contributed by atoms with Crippen LogP contribution in [0.2, 0.25) is 0 Å². The summed E-state index contributed by atoms with van der Waals surface area (Å²) in [4.78, 5) is 0. The molecule has 0 saturated heterocycles. The summed E-state index contributed by atoms with van der Waals surface area (Å²) in [5.41, 5.74) is 0. The molecule has 0 bridgehead atoms. The van der Waals surface area contributed by atoms with Crippen molar-refractivity contribution in [2.45, 2.75) is 13.3 Å². The number of ether oxygens (including phenoxy) is 1. The monoisotopic (exact) mass is 163 g/mol. The van der Waals surface area contributed by atoms with E-state index >= 15 is 0 Å². The van der Waals surface area contributed by atoms with Crippen LogP contribution in [0.3, 0.4) is 0 Å². The van der Waals surface area contributed by atoms with Crippen LogP contribution in [0.1, 0.15) is 13.3 Å². The molecular formula is C8H9N3O. The first kappa shape index (κ1) is 12.7. The zero-order chi connectivity index (χ0) is 9.66. The Balaban J connectivity index is 0. The summed E-state index contributed by atoms with van der Waals surface area (Å²) in [6, 6.07) is 5.11. The van der Waals surface area contributed by atoms with E-state index in [-0.39, 0.29) is 6.42 Å². The lowest BCUT2D eigenvalue weighted by molar-refractivity contribution is 0.269. The molecule has 0 aliphatic rings. The minimum Gasteiger partial charge on any atom is -0.501 e. The van der Waals surface area contributed by atoms with Crippen LogP contribution < -0.4 is 0 Å². The molecule has 0 saturated carbocycles.